The summed E-state index contributed by atoms with van der Waals surface area (Å²) in [7, 11) is 6.00. The van der Waals surface area contributed by atoms with Gasteiger partial charge in [0, 0.05) is 0 Å². The van der Waals surface area contributed by atoms with Crippen LogP contribution in [0.2, 0.25) is 6.32 Å². The quantitative estimate of drug-likeness (QED) is 0.544. The molecule has 0 unspecified atom stereocenters. The zero-order chi connectivity index (χ0) is 7.86. The Hall–Kier alpha value is 0.605. The summed E-state index contributed by atoms with van der Waals surface area (Å²) >= 11 is 10.5. The molecule has 0 amide bonds. The van der Waals surface area contributed by atoms with E-state index in [0.29, 0.717) is 0 Å². The van der Waals surface area contributed by atoms with E-state index in [1.165, 1.54) is 0 Å². The standard InChI is InChI=1S/C3H9N.C2H5BCl2/c1-4(2)3;1-2-3(4)5/h1-3H3;2H2,1H3. The van der Waals surface area contributed by atoms with Gasteiger partial charge in [-0.05, 0) is 27.5 Å². The van der Waals surface area contributed by atoms with Crippen molar-refractivity contribution in [3.63, 3.8) is 0 Å². The number of nitrogens with zero attached hydrogens (tertiary/aromatic N) is 1. The van der Waals surface area contributed by atoms with Crippen molar-refractivity contribution in [2.24, 2.45) is 0 Å². The smallest absolute Gasteiger partial charge is 0.312 e. The average molecular weight is 170 g/mol. The molecule has 56 valence electrons. The van der Waals surface area contributed by atoms with Crippen LogP contribution in [0.15, 0.2) is 0 Å². The van der Waals surface area contributed by atoms with Crippen molar-refractivity contribution < 1.29 is 0 Å². The first-order chi connectivity index (χ1) is 4.00. The van der Waals surface area contributed by atoms with Crippen LogP contribution in [0.1, 0.15) is 6.92 Å². The Morgan fingerprint density at radius 2 is 1.33 bits per heavy atom. The van der Waals surface area contributed by atoms with E-state index >= 15 is 0 Å². The van der Waals surface area contributed by atoms with Gasteiger partial charge in [-0.25, -0.2) is 0 Å². The minimum atomic E-state index is -0.171. The molecule has 0 bridgehead atoms. The highest BCUT2D eigenvalue weighted by Crippen LogP contribution is 1.98. The fourth-order valence-corrected chi connectivity index (χ4v) is 0. The molecule has 0 aromatic rings. The van der Waals surface area contributed by atoms with E-state index in [0.717, 1.165) is 6.32 Å². The lowest BCUT2D eigenvalue weighted by Gasteiger charge is -1.90. The monoisotopic (exact) mass is 169 g/mol. The second-order valence-corrected chi connectivity index (χ2v) is 3.42. The van der Waals surface area contributed by atoms with Crippen molar-refractivity contribution in [3.8, 4) is 0 Å². The molecule has 0 aliphatic carbocycles. The zero-order valence-corrected chi connectivity index (χ0v) is 8.00. The van der Waals surface area contributed by atoms with Crippen molar-refractivity contribution in [2.75, 3.05) is 21.1 Å². The molecule has 1 nitrogen and oxygen atoms in total. The maximum absolute atomic E-state index is 5.23. The fourth-order valence-electron chi connectivity index (χ4n) is 0. The van der Waals surface area contributed by atoms with Crippen LogP contribution in [-0.2, 0) is 0 Å². The molecule has 0 heterocycles. The lowest BCUT2D eigenvalue weighted by Crippen LogP contribution is -1.99. The lowest BCUT2D eigenvalue weighted by atomic mass is 10.0. The van der Waals surface area contributed by atoms with Crippen molar-refractivity contribution in [3.05, 3.63) is 0 Å². The van der Waals surface area contributed by atoms with Gasteiger partial charge in [-0.1, -0.05) is 6.92 Å². The Bertz CT molecular complexity index is 47.5. The van der Waals surface area contributed by atoms with Gasteiger partial charge in [0.05, 0.1) is 0 Å². The SMILES string of the molecule is CCB(Cl)Cl.CN(C)C. The summed E-state index contributed by atoms with van der Waals surface area (Å²) in [5, 5.41) is 0. The van der Waals surface area contributed by atoms with Crippen LogP contribution < -0.4 is 0 Å². The van der Waals surface area contributed by atoms with Crippen molar-refractivity contribution in [1.29, 1.82) is 0 Å². The second kappa shape index (κ2) is 8.60. The minimum Gasteiger partial charge on any atom is -0.312 e. The van der Waals surface area contributed by atoms with Gasteiger partial charge < -0.3 is 4.90 Å². The van der Waals surface area contributed by atoms with Crippen LogP contribution in [-0.4, -0.2) is 31.6 Å². The molecule has 0 rings (SSSR count). The van der Waals surface area contributed by atoms with Crippen molar-refractivity contribution in [2.45, 2.75) is 13.2 Å². The predicted octanol–water partition coefficient (Wildman–Crippen LogP) is 2.15. The van der Waals surface area contributed by atoms with Gasteiger partial charge in [0.2, 0.25) is 0 Å². The highest BCUT2D eigenvalue weighted by molar-refractivity contribution is 7.33. The first-order valence-corrected chi connectivity index (χ1v) is 3.77. The first kappa shape index (κ1) is 12.3. The molecule has 0 atom stereocenters. The van der Waals surface area contributed by atoms with E-state index in [1.54, 1.807) is 0 Å². The molecule has 0 N–H and O–H groups in total. The van der Waals surface area contributed by atoms with Gasteiger partial charge in [0.25, 0.3) is 0 Å². The maximum atomic E-state index is 5.23. The molecule has 9 heavy (non-hydrogen) atoms. The normalized spacial score (nSPS) is 8.33. The van der Waals surface area contributed by atoms with Gasteiger partial charge in [-0.2, -0.15) is 22.9 Å². The van der Waals surface area contributed by atoms with Gasteiger partial charge in [0.1, 0.15) is 0 Å². The Labute approximate surface area is 68.2 Å². The number of rotatable bonds is 1. The van der Waals surface area contributed by atoms with E-state index in [2.05, 4.69) is 0 Å². The van der Waals surface area contributed by atoms with Gasteiger partial charge in [-0.15, -0.1) is 0 Å². The second-order valence-electron chi connectivity index (χ2n) is 2.14. The third kappa shape index (κ3) is 55.3. The molecular formula is C5H14BCl2N. The van der Waals surface area contributed by atoms with Gasteiger partial charge >= 0.3 is 5.54 Å². The molecular weight excluding hydrogens is 156 g/mol. The summed E-state index contributed by atoms with van der Waals surface area (Å²) in [6.45, 7) is 1.94. The summed E-state index contributed by atoms with van der Waals surface area (Å²) in [5.74, 6) is 0. The van der Waals surface area contributed by atoms with Crippen LogP contribution in [0.25, 0.3) is 0 Å². The topological polar surface area (TPSA) is 3.24 Å². The number of hydrogen-bond donors (Lipinski definition) is 0. The summed E-state index contributed by atoms with van der Waals surface area (Å²) in [6.07, 6.45) is 0.836. The van der Waals surface area contributed by atoms with Gasteiger partial charge in [0.15, 0.2) is 0 Å². The van der Waals surface area contributed by atoms with Crippen molar-refractivity contribution in [1.82, 2.24) is 4.90 Å². The average Bonchev–Trinajstić information content (AvgIpc) is 1.65. The highest BCUT2D eigenvalue weighted by atomic mass is 35.5. The maximum Gasteiger partial charge on any atom is 0.351 e. The minimum absolute atomic E-state index is 0.171. The molecule has 0 aromatic heterocycles. The molecule has 0 saturated heterocycles. The Morgan fingerprint density at radius 1 is 1.22 bits per heavy atom. The largest absolute Gasteiger partial charge is 0.351 e. The summed E-state index contributed by atoms with van der Waals surface area (Å²) in [6, 6.07) is 0. The Morgan fingerprint density at radius 3 is 1.33 bits per heavy atom. The third-order valence-corrected chi connectivity index (χ3v) is 0.926. The summed E-state index contributed by atoms with van der Waals surface area (Å²) in [4.78, 5) is 2.00. The molecule has 0 aliphatic rings. The van der Waals surface area contributed by atoms with Crippen LogP contribution in [0.3, 0.4) is 0 Å². The summed E-state index contributed by atoms with van der Waals surface area (Å²) in [5.41, 5.74) is -0.171. The third-order valence-electron chi connectivity index (χ3n) is 0.309. The lowest BCUT2D eigenvalue weighted by molar-refractivity contribution is 0.505. The molecule has 0 spiro atoms. The van der Waals surface area contributed by atoms with Crippen molar-refractivity contribution >= 4 is 28.5 Å². The van der Waals surface area contributed by atoms with E-state index in [-0.39, 0.29) is 5.54 Å². The molecule has 0 radical (unpaired) electrons. The van der Waals surface area contributed by atoms with E-state index in [1.807, 2.05) is 33.0 Å². The Kier molecular flexibility index (Phi) is 11.8. The molecule has 0 saturated carbocycles. The van der Waals surface area contributed by atoms with Crippen LogP contribution in [0.5, 0.6) is 0 Å². The number of halogens is 2. The zero-order valence-electron chi connectivity index (χ0n) is 6.49. The van der Waals surface area contributed by atoms with E-state index in [9.17, 15) is 0 Å². The van der Waals surface area contributed by atoms with Gasteiger partial charge in [-0.3, -0.25) is 0 Å². The van der Waals surface area contributed by atoms with Crippen LogP contribution in [0.4, 0.5) is 0 Å². The Balaban J connectivity index is 0. The first-order valence-electron chi connectivity index (χ1n) is 2.89. The fraction of sp³-hybridized carbons (Fsp3) is 1.00. The number of hydrogen-bond acceptors (Lipinski definition) is 1. The summed E-state index contributed by atoms with van der Waals surface area (Å²) < 4.78 is 0. The predicted molar refractivity (Wildman–Crippen MR) is 47.6 cm³/mol. The molecule has 0 fully saturated rings. The highest BCUT2D eigenvalue weighted by Gasteiger charge is 1.96. The van der Waals surface area contributed by atoms with Crippen LogP contribution >= 0.6 is 22.9 Å². The molecule has 0 aliphatic heterocycles. The van der Waals surface area contributed by atoms with E-state index in [4.69, 9.17) is 22.9 Å². The molecule has 0 aromatic carbocycles. The molecule has 4 heteroatoms. The van der Waals surface area contributed by atoms with Crippen LogP contribution in [0, 0.1) is 0 Å². The van der Waals surface area contributed by atoms with E-state index < -0.39 is 0 Å².